The van der Waals surface area contributed by atoms with Gasteiger partial charge in [-0.15, -0.1) is 22.7 Å². The predicted octanol–water partition coefficient (Wildman–Crippen LogP) is 4.51. The topological polar surface area (TPSA) is 60.5 Å². The van der Waals surface area contributed by atoms with Gasteiger partial charge in [0.05, 0.1) is 15.6 Å². The van der Waals surface area contributed by atoms with E-state index in [9.17, 15) is 4.79 Å². The van der Waals surface area contributed by atoms with E-state index >= 15 is 0 Å². The summed E-state index contributed by atoms with van der Waals surface area (Å²) in [6, 6.07) is 7.19. The van der Waals surface area contributed by atoms with E-state index in [-0.39, 0.29) is 12.7 Å². The van der Waals surface area contributed by atoms with Crippen LogP contribution in [0.3, 0.4) is 0 Å². The molecule has 0 saturated heterocycles. The molecule has 2 aromatic heterocycles. The normalized spacial score (nSPS) is 12.4. The Morgan fingerprint density at radius 3 is 2.87 bits per heavy atom. The zero-order valence-corrected chi connectivity index (χ0v) is 13.9. The lowest BCUT2D eigenvalue weighted by molar-refractivity contribution is 0.102. The summed E-state index contributed by atoms with van der Waals surface area (Å²) in [7, 11) is 0. The Labute approximate surface area is 144 Å². The van der Waals surface area contributed by atoms with E-state index in [2.05, 4.69) is 10.3 Å². The fourth-order valence-corrected chi connectivity index (χ4v) is 3.91. The fourth-order valence-electron chi connectivity index (χ4n) is 2.09. The summed E-state index contributed by atoms with van der Waals surface area (Å²) in [5.74, 6) is 0.814. The molecule has 0 aliphatic carbocycles. The van der Waals surface area contributed by atoms with Crippen molar-refractivity contribution in [3.05, 3.63) is 45.7 Å². The molecular weight excluding hydrogens is 356 g/mol. The molecule has 5 nitrogen and oxygen atoms in total. The summed E-state index contributed by atoms with van der Waals surface area (Å²) >= 11 is 9.18. The van der Waals surface area contributed by atoms with Crippen molar-refractivity contribution in [1.29, 1.82) is 0 Å². The second-order valence-electron chi connectivity index (χ2n) is 4.65. The maximum absolute atomic E-state index is 12.4. The average molecular weight is 365 g/mol. The molecule has 1 aliphatic rings. The Morgan fingerprint density at radius 2 is 2.09 bits per heavy atom. The summed E-state index contributed by atoms with van der Waals surface area (Å²) in [5.41, 5.74) is 0.818. The van der Waals surface area contributed by atoms with Gasteiger partial charge in [-0.1, -0.05) is 17.7 Å². The largest absolute Gasteiger partial charge is 0.454 e. The van der Waals surface area contributed by atoms with Crippen molar-refractivity contribution in [2.24, 2.45) is 0 Å². The standard InChI is InChI=1S/C15H9ClN2O3S2/c16-8-4-11-12(21-7-20-11)5-9(8)17-14(19)10-6-23-15(18-10)13-2-1-3-22-13/h1-6H,7H2,(H,17,19). The van der Waals surface area contributed by atoms with Gasteiger partial charge in [0.2, 0.25) is 6.79 Å². The number of carbonyl (C=O) groups excluding carboxylic acids is 1. The molecule has 3 heterocycles. The van der Waals surface area contributed by atoms with Gasteiger partial charge in [-0.2, -0.15) is 0 Å². The first-order valence-corrected chi connectivity index (χ1v) is 8.74. The van der Waals surface area contributed by atoms with Crippen molar-refractivity contribution >= 4 is 45.9 Å². The van der Waals surface area contributed by atoms with E-state index in [1.165, 1.54) is 11.3 Å². The van der Waals surface area contributed by atoms with Crippen molar-refractivity contribution < 1.29 is 14.3 Å². The molecule has 3 aromatic rings. The molecule has 0 fully saturated rings. The van der Waals surface area contributed by atoms with Gasteiger partial charge in [0.1, 0.15) is 10.7 Å². The third-order valence-electron chi connectivity index (χ3n) is 3.18. The van der Waals surface area contributed by atoms with Crippen LogP contribution in [0.1, 0.15) is 10.5 Å². The van der Waals surface area contributed by atoms with Crippen molar-refractivity contribution in [2.45, 2.75) is 0 Å². The van der Waals surface area contributed by atoms with Gasteiger partial charge < -0.3 is 14.8 Å². The van der Waals surface area contributed by atoms with Gasteiger partial charge in [-0.05, 0) is 11.4 Å². The van der Waals surface area contributed by atoms with E-state index in [1.54, 1.807) is 28.8 Å². The number of aromatic nitrogens is 1. The second kappa shape index (κ2) is 5.84. The molecule has 0 spiro atoms. The minimum atomic E-state index is -0.315. The summed E-state index contributed by atoms with van der Waals surface area (Å²) in [6.07, 6.45) is 0. The Balaban J connectivity index is 1.57. The van der Waals surface area contributed by atoms with Gasteiger partial charge in [-0.25, -0.2) is 4.98 Å². The first kappa shape index (κ1) is 14.5. The zero-order chi connectivity index (χ0) is 15.8. The van der Waals surface area contributed by atoms with Gasteiger partial charge >= 0.3 is 0 Å². The van der Waals surface area contributed by atoms with Crippen LogP contribution in [0.25, 0.3) is 9.88 Å². The Hall–Kier alpha value is -2.09. The first-order valence-electron chi connectivity index (χ1n) is 6.60. The number of ether oxygens (including phenoxy) is 2. The molecule has 0 saturated carbocycles. The molecule has 1 aromatic carbocycles. The van der Waals surface area contributed by atoms with Gasteiger partial charge in [0.25, 0.3) is 5.91 Å². The predicted molar refractivity (Wildman–Crippen MR) is 91.0 cm³/mol. The number of rotatable bonds is 3. The molecule has 0 bridgehead atoms. The first-order chi connectivity index (χ1) is 11.2. The number of nitrogens with zero attached hydrogens (tertiary/aromatic N) is 1. The van der Waals surface area contributed by atoms with Crippen LogP contribution >= 0.6 is 34.3 Å². The molecule has 0 unspecified atom stereocenters. The van der Waals surface area contributed by atoms with Crippen LogP contribution < -0.4 is 14.8 Å². The van der Waals surface area contributed by atoms with E-state index in [0.717, 1.165) is 9.88 Å². The number of halogens is 1. The lowest BCUT2D eigenvalue weighted by atomic mass is 10.2. The number of carbonyl (C=O) groups is 1. The number of fused-ring (bicyclic) bond motifs is 1. The van der Waals surface area contributed by atoms with Gasteiger partial charge in [0, 0.05) is 17.5 Å². The highest BCUT2D eigenvalue weighted by Gasteiger charge is 2.19. The number of thiophene rings is 1. The molecule has 1 aliphatic heterocycles. The van der Waals surface area contributed by atoms with E-state index < -0.39 is 0 Å². The maximum Gasteiger partial charge on any atom is 0.275 e. The quantitative estimate of drug-likeness (QED) is 0.743. The smallest absolute Gasteiger partial charge is 0.275 e. The Bertz CT molecular complexity index is 877. The zero-order valence-electron chi connectivity index (χ0n) is 11.5. The van der Waals surface area contributed by atoms with E-state index in [4.69, 9.17) is 21.1 Å². The highest BCUT2D eigenvalue weighted by molar-refractivity contribution is 7.20. The molecule has 1 amide bonds. The number of hydrogen-bond acceptors (Lipinski definition) is 6. The van der Waals surface area contributed by atoms with Crippen molar-refractivity contribution in [2.75, 3.05) is 12.1 Å². The third kappa shape index (κ3) is 2.78. The Kier molecular flexibility index (Phi) is 3.68. The molecule has 116 valence electrons. The fraction of sp³-hybridized carbons (Fsp3) is 0.0667. The SMILES string of the molecule is O=C(Nc1cc2c(cc1Cl)OCO2)c1csc(-c2cccs2)n1. The summed E-state index contributed by atoms with van der Waals surface area (Å²) in [6.45, 7) is 0.152. The number of thiazole rings is 1. The van der Waals surface area contributed by atoms with Crippen molar-refractivity contribution in [3.63, 3.8) is 0 Å². The number of hydrogen-bond donors (Lipinski definition) is 1. The van der Waals surface area contributed by atoms with Crippen molar-refractivity contribution in [1.82, 2.24) is 4.98 Å². The molecular formula is C15H9ClN2O3S2. The number of benzene rings is 1. The third-order valence-corrected chi connectivity index (χ3v) is 5.37. The molecule has 0 radical (unpaired) electrons. The molecule has 0 atom stereocenters. The molecule has 1 N–H and O–H groups in total. The summed E-state index contributed by atoms with van der Waals surface area (Å²) < 4.78 is 10.5. The number of anilines is 1. The van der Waals surface area contributed by atoms with E-state index in [0.29, 0.717) is 27.9 Å². The maximum atomic E-state index is 12.4. The average Bonchev–Trinajstić information content (AvgIpc) is 3.28. The van der Waals surface area contributed by atoms with Crippen LogP contribution in [0.4, 0.5) is 5.69 Å². The lowest BCUT2D eigenvalue weighted by Crippen LogP contribution is -2.12. The Morgan fingerprint density at radius 1 is 1.26 bits per heavy atom. The van der Waals surface area contributed by atoms with Crippen LogP contribution in [0.5, 0.6) is 11.5 Å². The summed E-state index contributed by atoms with van der Waals surface area (Å²) in [4.78, 5) is 17.8. The minimum Gasteiger partial charge on any atom is -0.454 e. The number of amides is 1. The van der Waals surface area contributed by atoms with Gasteiger partial charge in [0.15, 0.2) is 11.5 Å². The number of nitrogens with one attached hydrogen (secondary N) is 1. The lowest BCUT2D eigenvalue weighted by Gasteiger charge is -2.07. The minimum absolute atomic E-state index is 0.152. The van der Waals surface area contributed by atoms with Crippen LogP contribution in [-0.2, 0) is 0 Å². The highest BCUT2D eigenvalue weighted by atomic mass is 35.5. The second-order valence-corrected chi connectivity index (χ2v) is 6.87. The molecule has 4 rings (SSSR count). The van der Waals surface area contributed by atoms with Crippen LogP contribution in [0, 0.1) is 0 Å². The summed E-state index contributed by atoms with van der Waals surface area (Å²) in [5, 5.41) is 7.67. The van der Waals surface area contributed by atoms with E-state index in [1.807, 2.05) is 17.5 Å². The monoisotopic (exact) mass is 364 g/mol. The highest BCUT2D eigenvalue weighted by Crippen LogP contribution is 2.39. The van der Waals surface area contributed by atoms with Gasteiger partial charge in [-0.3, -0.25) is 4.79 Å². The van der Waals surface area contributed by atoms with Crippen LogP contribution in [0.15, 0.2) is 35.0 Å². The van der Waals surface area contributed by atoms with Crippen LogP contribution in [-0.4, -0.2) is 17.7 Å². The van der Waals surface area contributed by atoms with Crippen molar-refractivity contribution in [3.8, 4) is 21.4 Å². The molecule has 23 heavy (non-hydrogen) atoms. The molecule has 8 heteroatoms. The van der Waals surface area contributed by atoms with Crippen LogP contribution in [0.2, 0.25) is 5.02 Å².